The zero-order valence-corrected chi connectivity index (χ0v) is 13.5. The first-order valence-electron chi connectivity index (χ1n) is 7.76. The molecule has 2 N–H and O–H groups in total. The molecule has 1 amide bonds. The van der Waals surface area contributed by atoms with Gasteiger partial charge in [-0.2, -0.15) is 0 Å². The summed E-state index contributed by atoms with van der Waals surface area (Å²) in [6.07, 6.45) is 0.478. The van der Waals surface area contributed by atoms with Crippen LogP contribution in [0, 0.1) is 5.82 Å². The number of rotatable bonds is 5. The molecule has 0 fully saturated rings. The van der Waals surface area contributed by atoms with Gasteiger partial charge in [0.25, 0.3) is 5.91 Å². The maximum absolute atomic E-state index is 13.0. The van der Waals surface area contributed by atoms with E-state index in [1.807, 2.05) is 30.3 Å². The van der Waals surface area contributed by atoms with Crippen molar-refractivity contribution in [2.45, 2.75) is 19.1 Å². The zero-order valence-electron chi connectivity index (χ0n) is 13.5. The van der Waals surface area contributed by atoms with Gasteiger partial charge in [-0.1, -0.05) is 30.3 Å². The second kappa shape index (κ2) is 7.23. The van der Waals surface area contributed by atoms with Crippen molar-refractivity contribution in [1.29, 1.82) is 0 Å². The molecule has 3 rings (SSSR count). The van der Waals surface area contributed by atoms with E-state index in [0.717, 1.165) is 5.69 Å². The molecule has 0 aliphatic heterocycles. The van der Waals surface area contributed by atoms with Crippen LogP contribution in [0.1, 0.15) is 29.2 Å². The smallest absolute Gasteiger partial charge is 0.291 e. The lowest BCUT2D eigenvalue weighted by atomic mass is 10.0. The molecule has 6 nitrogen and oxygen atoms in total. The molecule has 0 spiro atoms. The number of amides is 1. The number of aliphatic hydroxyl groups is 1. The zero-order chi connectivity index (χ0) is 17.8. The van der Waals surface area contributed by atoms with Gasteiger partial charge in [-0.3, -0.25) is 4.79 Å². The van der Waals surface area contributed by atoms with Crippen molar-refractivity contribution in [3.8, 4) is 5.69 Å². The summed E-state index contributed by atoms with van der Waals surface area (Å²) in [5.74, 6) is -0.881. The number of hydrogen-bond acceptors (Lipinski definition) is 4. The summed E-state index contributed by atoms with van der Waals surface area (Å²) in [4.78, 5) is 16.3. The molecule has 0 aliphatic rings. The van der Waals surface area contributed by atoms with Crippen LogP contribution >= 0.6 is 0 Å². The third-order valence-electron chi connectivity index (χ3n) is 3.76. The Hall–Kier alpha value is -3.06. The van der Waals surface area contributed by atoms with Crippen LogP contribution in [-0.4, -0.2) is 31.8 Å². The molecule has 1 aromatic heterocycles. The molecule has 0 radical (unpaired) electrons. The van der Waals surface area contributed by atoms with Crippen molar-refractivity contribution in [3.63, 3.8) is 0 Å². The van der Waals surface area contributed by atoms with Crippen LogP contribution in [0.3, 0.4) is 0 Å². The van der Waals surface area contributed by atoms with E-state index in [1.165, 1.54) is 35.3 Å². The fourth-order valence-electron chi connectivity index (χ4n) is 2.37. The first kappa shape index (κ1) is 16.8. The standard InChI is InChI=1S/C18H17FN4O2/c1-12(16(24)13-7-9-14(19)10-8-13)21-18(25)17-20-11-23(22-17)15-5-3-2-4-6-15/h2-12,16,24H,1H3,(H,21,25). The van der Waals surface area contributed by atoms with E-state index in [1.54, 1.807) is 6.92 Å². The molecule has 0 aliphatic carbocycles. The Morgan fingerprint density at radius 3 is 2.52 bits per heavy atom. The van der Waals surface area contributed by atoms with Crippen molar-refractivity contribution in [1.82, 2.24) is 20.1 Å². The Balaban J connectivity index is 1.67. The minimum Gasteiger partial charge on any atom is -0.386 e. The molecule has 2 unspecified atom stereocenters. The lowest BCUT2D eigenvalue weighted by Crippen LogP contribution is -2.37. The normalized spacial score (nSPS) is 13.2. The van der Waals surface area contributed by atoms with Gasteiger partial charge >= 0.3 is 0 Å². The van der Waals surface area contributed by atoms with E-state index in [0.29, 0.717) is 5.56 Å². The summed E-state index contributed by atoms with van der Waals surface area (Å²) in [6.45, 7) is 1.65. The number of aliphatic hydroxyl groups excluding tert-OH is 1. The Morgan fingerprint density at radius 1 is 1.16 bits per heavy atom. The SMILES string of the molecule is CC(NC(=O)c1ncn(-c2ccccc2)n1)C(O)c1ccc(F)cc1. The second-order valence-electron chi connectivity index (χ2n) is 5.61. The Bertz CT molecular complexity index is 849. The number of halogens is 1. The fourth-order valence-corrected chi connectivity index (χ4v) is 2.37. The van der Waals surface area contributed by atoms with Gasteiger partial charge in [-0.05, 0) is 36.8 Å². The van der Waals surface area contributed by atoms with Gasteiger partial charge in [0.1, 0.15) is 12.1 Å². The maximum atomic E-state index is 13.0. The van der Waals surface area contributed by atoms with Gasteiger partial charge in [-0.15, -0.1) is 5.10 Å². The number of para-hydroxylation sites is 1. The topological polar surface area (TPSA) is 80.0 Å². The van der Waals surface area contributed by atoms with Gasteiger partial charge in [0.05, 0.1) is 17.8 Å². The lowest BCUT2D eigenvalue weighted by molar-refractivity contribution is 0.0842. The number of hydrogen-bond donors (Lipinski definition) is 2. The molecule has 0 saturated carbocycles. The van der Waals surface area contributed by atoms with Crippen molar-refractivity contribution in [2.75, 3.05) is 0 Å². The average Bonchev–Trinajstić information content (AvgIpc) is 3.13. The third kappa shape index (κ3) is 3.89. The van der Waals surface area contributed by atoms with Gasteiger partial charge in [-0.25, -0.2) is 14.1 Å². The van der Waals surface area contributed by atoms with Crippen molar-refractivity contribution in [2.24, 2.45) is 0 Å². The predicted octanol–water partition coefficient (Wildman–Crippen LogP) is 2.26. The molecule has 3 aromatic rings. The quantitative estimate of drug-likeness (QED) is 0.747. The Kier molecular flexibility index (Phi) is 4.85. The summed E-state index contributed by atoms with van der Waals surface area (Å²) in [5.41, 5.74) is 1.30. The molecule has 128 valence electrons. The van der Waals surface area contributed by atoms with Gasteiger partial charge < -0.3 is 10.4 Å². The van der Waals surface area contributed by atoms with E-state index in [-0.39, 0.29) is 11.6 Å². The van der Waals surface area contributed by atoms with Crippen LogP contribution in [0.15, 0.2) is 60.9 Å². The summed E-state index contributed by atoms with van der Waals surface area (Å²) in [7, 11) is 0. The Morgan fingerprint density at radius 2 is 1.84 bits per heavy atom. The third-order valence-corrected chi connectivity index (χ3v) is 3.76. The Labute approximate surface area is 144 Å². The van der Waals surface area contributed by atoms with E-state index in [2.05, 4.69) is 15.4 Å². The van der Waals surface area contributed by atoms with Crippen LogP contribution in [0.2, 0.25) is 0 Å². The number of nitrogens with one attached hydrogen (secondary N) is 1. The summed E-state index contributed by atoms with van der Waals surface area (Å²) in [5, 5.41) is 17.1. The van der Waals surface area contributed by atoms with Gasteiger partial charge in [0, 0.05) is 0 Å². The maximum Gasteiger partial charge on any atom is 0.291 e. The highest BCUT2D eigenvalue weighted by molar-refractivity contribution is 5.90. The number of aromatic nitrogens is 3. The molecule has 2 aromatic carbocycles. The number of carbonyl (C=O) groups excluding carboxylic acids is 1. The van der Waals surface area contributed by atoms with E-state index >= 15 is 0 Å². The molecular weight excluding hydrogens is 323 g/mol. The minimum atomic E-state index is -0.972. The number of carbonyl (C=O) groups is 1. The van der Waals surface area contributed by atoms with Crippen molar-refractivity contribution >= 4 is 5.91 Å². The molecule has 25 heavy (non-hydrogen) atoms. The van der Waals surface area contributed by atoms with E-state index < -0.39 is 18.1 Å². The summed E-state index contributed by atoms with van der Waals surface area (Å²) < 4.78 is 14.5. The fraction of sp³-hybridized carbons (Fsp3) is 0.167. The molecule has 0 bridgehead atoms. The first-order valence-corrected chi connectivity index (χ1v) is 7.76. The highest BCUT2D eigenvalue weighted by atomic mass is 19.1. The summed E-state index contributed by atoms with van der Waals surface area (Å²) in [6, 6.07) is 14.2. The number of benzene rings is 2. The average molecular weight is 340 g/mol. The number of nitrogens with zero attached hydrogens (tertiary/aromatic N) is 3. The van der Waals surface area contributed by atoms with Gasteiger partial charge in [0.15, 0.2) is 0 Å². The van der Waals surface area contributed by atoms with Crippen LogP contribution in [-0.2, 0) is 0 Å². The van der Waals surface area contributed by atoms with Crippen LogP contribution in [0.4, 0.5) is 4.39 Å². The van der Waals surface area contributed by atoms with Crippen molar-refractivity contribution in [3.05, 3.63) is 78.1 Å². The van der Waals surface area contributed by atoms with E-state index in [4.69, 9.17) is 0 Å². The lowest BCUT2D eigenvalue weighted by Gasteiger charge is -2.19. The molecule has 0 saturated heterocycles. The van der Waals surface area contributed by atoms with Crippen LogP contribution in [0.5, 0.6) is 0 Å². The van der Waals surface area contributed by atoms with Crippen LogP contribution < -0.4 is 5.32 Å². The van der Waals surface area contributed by atoms with Crippen molar-refractivity contribution < 1.29 is 14.3 Å². The minimum absolute atomic E-state index is 0.00186. The molecule has 1 heterocycles. The van der Waals surface area contributed by atoms with E-state index in [9.17, 15) is 14.3 Å². The largest absolute Gasteiger partial charge is 0.386 e. The molecule has 2 atom stereocenters. The first-order chi connectivity index (χ1) is 12.0. The highest BCUT2D eigenvalue weighted by Gasteiger charge is 2.21. The molecular formula is C18H17FN4O2. The predicted molar refractivity (Wildman–Crippen MR) is 89.6 cm³/mol. The monoisotopic (exact) mass is 340 g/mol. The van der Waals surface area contributed by atoms with Crippen LogP contribution in [0.25, 0.3) is 5.69 Å². The molecule has 7 heteroatoms. The second-order valence-corrected chi connectivity index (χ2v) is 5.61. The van der Waals surface area contributed by atoms with Gasteiger partial charge in [0.2, 0.25) is 5.82 Å². The summed E-state index contributed by atoms with van der Waals surface area (Å²) >= 11 is 0. The highest BCUT2D eigenvalue weighted by Crippen LogP contribution is 2.17.